The Morgan fingerprint density at radius 1 is 1.33 bits per heavy atom. The van der Waals surface area contributed by atoms with E-state index in [-0.39, 0.29) is 0 Å². The summed E-state index contributed by atoms with van der Waals surface area (Å²) in [6, 6.07) is 0.367. The van der Waals surface area contributed by atoms with Crippen molar-refractivity contribution in [2.45, 2.75) is 19.4 Å². The third kappa shape index (κ3) is 3.22. The van der Waals surface area contributed by atoms with Crippen molar-refractivity contribution in [3.8, 4) is 0 Å². The van der Waals surface area contributed by atoms with E-state index in [9.17, 15) is 4.79 Å². The number of hydrogen-bond acceptors (Lipinski definition) is 4. The maximum atomic E-state index is 12.0. The van der Waals surface area contributed by atoms with Gasteiger partial charge >= 0.3 is 0 Å². The van der Waals surface area contributed by atoms with Gasteiger partial charge in [0.25, 0.3) is 0 Å². The molecule has 2 aliphatic rings. The minimum Gasteiger partial charge on any atom is -0.379 e. The number of likely N-dealkylation sites (tertiary alicyclic amines) is 1. The number of nitrogens with zero attached hydrogens (tertiary/aromatic N) is 2. The SMILES string of the molecule is CNCC1CC(=O)N(CCN2CCOCC2)C1C. The molecular weight excluding hydrogens is 230 g/mol. The summed E-state index contributed by atoms with van der Waals surface area (Å²) in [7, 11) is 1.95. The minimum atomic E-state index is 0.316. The van der Waals surface area contributed by atoms with Gasteiger partial charge in [-0.3, -0.25) is 9.69 Å². The fraction of sp³-hybridized carbons (Fsp3) is 0.923. The molecule has 1 amide bonds. The first kappa shape index (κ1) is 13.8. The van der Waals surface area contributed by atoms with Gasteiger partial charge in [0, 0.05) is 51.1 Å². The van der Waals surface area contributed by atoms with E-state index in [0.29, 0.717) is 24.3 Å². The Kier molecular flexibility index (Phi) is 4.97. The van der Waals surface area contributed by atoms with Gasteiger partial charge in [0.1, 0.15) is 0 Å². The van der Waals surface area contributed by atoms with Gasteiger partial charge in [-0.15, -0.1) is 0 Å². The van der Waals surface area contributed by atoms with Crippen LogP contribution in [0.3, 0.4) is 0 Å². The molecule has 0 radical (unpaired) electrons. The van der Waals surface area contributed by atoms with Crippen LogP contribution < -0.4 is 5.32 Å². The van der Waals surface area contributed by atoms with Gasteiger partial charge < -0.3 is 15.0 Å². The summed E-state index contributed by atoms with van der Waals surface area (Å²) in [5, 5.41) is 3.18. The highest BCUT2D eigenvalue weighted by Gasteiger charge is 2.35. The van der Waals surface area contributed by atoms with Crippen LogP contribution in [-0.2, 0) is 9.53 Å². The minimum absolute atomic E-state index is 0.316. The quantitative estimate of drug-likeness (QED) is 0.737. The van der Waals surface area contributed by atoms with Crippen LogP contribution in [-0.4, -0.2) is 74.7 Å². The van der Waals surface area contributed by atoms with E-state index in [1.807, 2.05) is 7.05 Å². The molecule has 0 aromatic carbocycles. The molecule has 5 nitrogen and oxygen atoms in total. The molecule has 2 rings (SSSR count). The average molecular weight is 255 g/mol. The molecular formula is C13H25N3O2. The first-order chi connectivity index (χ1) is 8.72. The summed E-state index contributed by atoms with van der Waals surface area (Å²) in [5.74, 6) is 0.781. The molecule has 1 N–H and O–H groups in total. The number of hydrogen-bond donors (Lipinski definition) is 1. The molecule has 2 saturated heterocycles. The third-order valence-corrected chi connectivity index (χ3v) is 4.16. The van der Waals surface area contributed by atoms with Gasteiger partial charge in [0.15, 0.2) is 0 Å². The van der Waals surface area contributed by atoms with E-state index in [4.69, 9.17) is 4.74 Å². The molecule has 0 bridgehead atoms. The molecule has 0 aromatic rings. The van der Waals surface area contributed by atoms with Crippen molar-refractivity contribution >= 4 is 5.91 Å². The molecule has 0 aromatic heterocycles. The first-order valence-electron chi connectivity index (χ1n) is 6.96. The van der Waals surface area contributed by atoms with Crippen molar-refractivity contribution < 1.29 is 9.53 Å². The molecule has 5 heteroatoms. The van der Waals surface area contributed by atoms with E-state index in [0.717, 1.165) is 45.9 Å². The second-order valence-corrected chi connectivity index (χ2v) is 5.30. The van der Waals surface area contributed by atoms with Crippen LogP contribution >= 0.6 is 0 Å². The highest BCUT2D eigenvalue weighted by Crippen LogP contribution is 2.24. The molecule has 0 saturated carbocycles. The lowest BCUT2D eigenvalue weighted by atomic mass is 10.0. The highest BCUT2D eigenvalue weighted by molar-refractivity contribution is 5.79. The van der Waals surface area contributed by atoms with Crippen LogP contribution in [0.15, 0.2) is 0 Å². The van der Waals surface area contributed by atoms with Crippen LogP contribution in [0.25, 0.3) is 0 Å². The van der Waals surface area contributed by atoms with Gasteiger partial charge in [-0.05, 0) is 14.0 Å². The zero-order valence-electron chi connectivity index (χ0n) is 11.5. The van der Waals surface area contributed by atoms with Crippen molar-refractivity contribution in [1.82, 2.24) is 15.1 Å². The van der Waals surface area contributed by atoms with Gasteiger partial charge in [-0.25, -0.2) is 0 Å². The predicted molar refractivity (Wildman–Crippen MR) is 70.5 cm³/mol. The average Bonchev–Trinajstić information content (AvgIpc) is 2.64. The zero-order valence-corrected chi connectivity index (χ0v) is 11.5. The van der Waals surface area contributed by atoms with E-state index in [1.165, 1.54) is 0 Å². The van der Waals surface area contributed by atoms with E-state index < -0.39 is 0 Å². The highest BCUT2D eigenvalue weighted by atomic mass is 16.5. The van der Waals surface area contributed by atoms with Crippen molar-refractivity contribution in [2.24, 2.45) is 5.92 Å². The Morgan fingerprint density at radius 3 is 2.72 bits per heavy atom. The van der Waals surface area contributed by atoms with Gasteiger partial charge in [0.05, 0.1) is 13.2 Å². The van der Waals surface area contributed by atoms with Gasteiger partial charge in [-0.2, -0.15) is 0 Å². The fourth-order valence-electron chi connectivity index (χ4n) is 2.90. The first-order valence-corrected chi connectivity index (χ1v) is 6.96. The summed E-state index contributed by atoms with van der Waals surface area (Å²) in [5.41, 5.74) is 0. The molecule has 0 aliphatic carbocycles. The number of carbonyl (C=O) groups excluding carboxylic acids is 1. The summed E-state index contributed by atoms with van der Waals surface area (Å²) >= 11 is 0. The Bertz CT molecular complexity index is 279. The smallest absolute Gasteiger partial charge is 0.223 e. The van der Waals surface area contributed by atoms with Crippen LogP contribution in [0.4, 0.5) is 0 Å². The molecule has 18 heavy (non-hydrogen) atoms. The topological polar surface area (TPSA) is 44.8 Å². The summed E-state index contributed by atoms with van der Waals surface area (Å²) in [6.07, 6.45) is 0.700. The number of ether oxygens (including phenoxy) is 1. The normalized spacial score (nSPS) is 30.1. The van der Waals surface area contributed by atoms with Crippen molar-refractivity contribution in [1.29, 1.82) is 0 Å². The molecule has 2 atom stereocenters. The van der Waals surface area contributed by atoms with E-state index in [1.54, 1.807) is 0 Å². The summed E-state index contributed by atoms with van der Waals surface area (Å²) in [6.45, 7) is 8.59. The number of rotatable bonds is 5. The molecule has 2 unspecified atom stereocenters. The maximum Gasteiger partial charge on any atom is 0.223 e. The Balaban J connectivity index is 1.79. The second kappa shape index (κ2) is 6.50. The third-order valence-electron chi connectivity index (χ3n) is 4.16. The molecule has 104 valence electrons. The number of carbonyl (C=O) groups is 1. The van der Waals surface area contributed by atoms with Gasteiger partial charge in [-0.1, -0.05) is 0 Å². The lowest BCUT2D eigenvalue weighted by Crippen LogP contribution is -2.44. The monoisotopic (exact) mass is 255 g/mol. The lowest BCUT2D eigenvalue weighted by molar-refractivity contribution is -0.129. The molecule has 2 fully saturated rings. The number of nitrogens with one attached hydrogen (secondary N) is 1. The van der Waals surface area contributed by atoms with Crippen LogP contribution in [0.1, 0.15) is 13.3 Å². The van der Waals surface area contributed by atoms with Crippen LogP contribution in [0.2, 0.25) is 0 Å². The van der Waals surface area contributed by atoms with Crippen LogP contribution in [0.5, 0.6) is 0 Å². The second-order valence-electron chi connectivity index (χ2n) is 5.30. The van der Waals surface area contributed by atoms with Crippen molar-refractivity contribution in [2.75, 3.05) is 53.0 Å². The Labute approximate surface area is 109 Å². The van der Waals surface area contributed by atoms with E-state index in [2.05, 4.69) is 22.0 Å². The Morgan fingerprint density at radius 2 is 2.06 bits per heavy atom. The number of morpholine rings is 1. The zero-order chi connectivity index (χ0) is 13.0. The largest absolute Gasteiger partial charge is 0.379 e. The standard InChI is InChI=1S/C13H25N3O2/c1-11-12(10-14-2)9-13(17)16(11)4-3-15-5-7-18-8-6-15/h11-12,14H,3-10H2,1-2H3. The number of amides is 1. The Hall–Kier alpha value is -0.650. The van der Waals surface area contributed by atoms with Crippen molar-refractivity contribution in [3.05, 3.63) is 0 Å². The fourth-order valence-corrected chi connectivity index (χ4v) is 2.90. The summed E-state index contributed by atoms with van der Waals surface area (Å²) < 4.78 is 5.33. The van der Waals surface area contributed by atoms with Crippen LogP contribution in [0, 0.1) is 5.92 Å². The summed E-state index contributed by atoms with van der Waals surface area (Å²) in [4.78, 5) is 16.4. The molecule has 0 spiro atoms. The lowest BCUT2D eigenvalue weighted by Gasteiger charge is -2.30. The predicted octanol–water partition coefficient (Wildman–Crippen LogP) is -0.225. The molecule has 2 heterocycles. The van der Waals surface area contributed by atoms with Crippen molar-refractivity contribution in [3.63, 3.8) is 0 Å². The van der Waals surface area contributed by atoms with E-state index >= 15 is 0 Å². The van der Waals surface area contributed by atoms with Gasteiger partial charge in [0.2, 0.25) is 5.91 Å². The maximum absolute atomic E-state index is 12.0. The molecule has 2 aliphatic heterocycles.